The summed E-state index contributed by atoms with van der Waals surface area (Å²) in [5.41, 5.74) is -0.508. The van der Waals surface area contributed by atoms with Gasteiger partial charge in [0.25, 0.3) is 0 Å². The number of carbonyl (C=O) groups is 6. The number of carbonyl (C=O) groups excluding carboxylic acids is 6. The van der Waals surface area contributed by atoms with Crippen molar-refractivity contribution in [3.8, 4) is 5.75 Å². The molecule has 2 heterocycles. The van der Waals surface area contributed by atoms with Crippen molar-refractivity contribution in [1.29, 1.82) is 0 Å². The molecular formula is C31H44N4O7. The van der Waals surface area contributed by atoms with Gasteiger partial charge in [-0.05, 0) is 63.6 Å². The molecule has 2 saturated heterocycles. The lowest BCUT2D eigenvalue weighted by molar-refractivity contribution is -0.144. The van der Waals surface area contributed by atoms with Crippen LogP contribution in [0.5, 0.6) is 5.75 Å². The molecule has 230 valence electrons. The molecule has 1 aromatic carbocycles. The Bertz CT molecular complexity index is 1170. The predicted octanol–water partition coefficient (Wildman–Crippen LogP) is 2.00. The van der Waals surface area contributed by atoms with E-state index < -0.39 is 53.0 Å². The summed E-state index contributed by atoms with van der Waals surface area (Å²) in [6.07, 6.45) is 3.59. The summed E-state index contributed by atoms with van der Waals surface area (Å²) in [6, 6.07) is 4.70. The number of benzene rings is 1. The van der Waals surface area contributed by atoms with Crippen LogP contribution in [-0.2, 0) is 35.2 Å². The lowest BCUT2D eigenvalue weighted by Crippen LogP contribution is -2.65. The van der Waals surface area contributed by atoms with Gasteiger partial charge in [-0.15, -0.1) is 0 Å². The van der Waals surface area contributed by atoms with E-state index in [1.54, 1.807) is 13.8 Å². The van der Waals surface area contributed by atoms with Gasteiger partial charge in [0, 0.05) is 26.3 Å². The van der Waals surface area contributed by atoms with Gasteiger partial charge in [-0.2, -0.15) is 0 Å². The molecular weight excluding hydrogens is 540 g/mol. The highest BCUT2D eigenvalue weighted by atomic mass is 16.5. The Labute approximate surface area is 247 Å². The Balaban J connectivity index is 1.82. The van der Waals surface area contributed by atoms with Crippen molar-refractivity contribution in [1.82, 2.24) is 20.9 Å². The molecule has 3 rings (SSSR count). The molecule has 0 aliphatic carbocycles. The fraction of sp³-hybridized carbons (Fsp3) is 0.613. The van der Waals surface area contributed by atoms with Crippen LogP contribution in [0.15, 0.2) is 24.3 Å². The number of hydrogen-bond acceptors (Lipinski definition) is 7. The van der Waals surface area contributed by atoms with E-state index in [4.69, 9.17) is 4.74 Å². The fourth-order valence-electron chi connectivity index (χ4n) is 5.33. The van der Waals surface area contributed by atoms with E-state index in [-0.39, 0.29) is 31.6 Å². The van der Waals surface area contributed by atoms with Crippen LogP contribution >= 0.6 is 0 Å². The second-order valence-electron chi connectivity index (χ2n) is 11.3. The van der Waals surface area contributed by atoms with E-state index in [9.17, 15) is 28.8 Å². The minimum Gasteiger partial charge on any atom is -0.494 e. The molecule has 2 aliphatic heterocycles. The summed E-state index contributed by atoms with van der Waals surface area (Å²) in [4.78, 5) is 78.7. The van der Waals surface area contributed by atoms with Crippen molar-refractivity contribution in [3.63, 3.8) is 0 Å². The van der Waals surface area contributed by atoms with Gasteiger partial charge >= 0.3 is 0 Å². The molecule has 11 nitrogen and oxygen atoms in total. The average molecular weight is 585 g/mol. The summed E-state index contributed by atoms with van der Waals surface area (Å²) in [7, 11) is 0. The highest BCUT2D eigenvalue weighted by Crippen LogP contribution is 2.23. The number of unbranched alkanes of at least 4 members (excludes halogenated alkanes) is 2. The van der Waals surface area contributed by atoms with Crippen LogP contribution in [-0.4, -0.2) is 76.9 Å². The van der Waals surface area contributed by atoms with Crippen molar-refractivity contribution in [2.75, 3.05) is 13.2 Å². The number of nitrogens with one attached hydrogen (secondary N) is 3. The van der Waals surface area contributed by atoms with Crippen molar-refractivity contribution in [2.24, 2.45) is 0 Å². The van der Waals surface area contributed by atoms with Crippen LogP contribution in [0, 0.1) is 0 Å². The maximum Gasteiger partial charge on any atom is 0.246 e. The molecule has 0 bridgehead atoms. The van der Waals surface area contributed by atoms with E-state index in [1.807, 2.05) is 31.2 Å². The molecule has 2 fully saturated rings. The van der Waals surface area contributed by atoms with E-state index >= 15 is 0 Å². The number of fused-ring (bicyclic) bond motifs is 1. The summed E-state index contributed by atoms with van der Waals surface area (Å²) in [5.74, 6) is -1.91. The normalized spacial score (nSPS) is 25.0. The second kappa shape index (κ2) is 14.9. The number of rotatable bonds is 12. The quantitative estimate of drug-likeness (QED) is 0.251. The molecule has 11 heteroatoms. The van der Waals surface area contributed by atoms with Crippen LogP contribution in [0.25, 0.3) is 0 Å². The molecule has 1 aromatic rings. The first kappa shape index (κ1) is 32.8. The minimum atomic E-state index is -1.32. The zero-order valence-electron chi connectivity index (χ0n) is 25.1. The van der Waals surface area contributed by atoms with Crippen LogP contribution in [0.4, 0.5) is 0 Å². The third-order valence-electron chi connectivity index (χ3n) is 8.15. The van der Waals surface area contributed by atoms with Crippen molar-refractivity contribution in [2.45, 2.75) is 109 Å². The fourth-order valence-corrected chi connectivity index (χ4v) is 5.33. The molecule has 0 saturated carbocycles. The Morgan fingerprint density at radius 2 is 1.69 bits per heavy atom. The van der Waals surface area contributed by atoms with Crippen LogP contribution < -0.4 is 20.7 Å². The monoisotopic (exact) mass is 584 g/mol. The van der Waals surface area contributed by atoms with Gasteiger partial charge in [-0.25, -0.2) is 0 Å². The largest absolute Gasteiger partial charge is 0.494 e. The van der Waals surface area contributed by atoms with Gasteiger partial charge in [-0.1, -0.05) is 31.9 Å². The first-order valence-electron chi connectivity index (χ1n) is 15.0. The van der Waals surface area contributed by atoms with Gasteiger partial charge in [-0.3, -0.25) is 28.8 Å². The average Bonchev–Trinajstić information content (AvgIpc) is 3.46. The highest BCUT2D eigenvalue weighted by molar-refractivity contribution is 6.36. The van der Waals surface area contributed by atoms with Crippen LogP contribution in [0.1, 0.15) is 84.6 Å². The Hall–Kier alpha value is -3.76. The Morgan fingerprint density at radius 3 is 2.33 bits per heavy atom. The van der Waals surface area contributed by atoms with Crippen molar-refractivity contribution >= 4 is 35.2 Å². The summed E-state index contributed by atoms with van der Waals surface area (Å²) >= 11 is 0. The van der Waals surface area contributed by atoms with E-state index in [2.05, 4.69) is 16.0 Å². The smallest absolute Gasteiger partial charge is 0.246 e. The predicted molar refractivity (Wildman–Crippen MR) is 156 cm³/mol. The lowest BCUT2D eigenvalue weighted by atomic mass is 9.94. The number of hydrogen-bond donors (Lipinski definition) is 3. The zero-order valence-corrected chi connectivity index (χ0v) is 25.1. The van der Waals surface area contributed by atoms with Gasteiger partial charge in [0.1, 0.15) is 29.4 Å². The second-order valence-corrected chi connectivity index (χ2v) is 11.3. The third kappa shape index (κ3) is 8.39. The minimum absolute atomic E-state index is 0.142. The standard InChI is InChI=1S/C31H44N4O7/c1-5-31(4)30(41)33-24(19-21-14-16-22(17-15-21)42-6-2)29(40)35-18-10-12-25(35)28(39)32-23(27(38)34-31)11-8-7-9-13-26(37)20(3)36/h14-17,23-25H,5-13,18-19H2,1-4H3,(H,32,39)(H,33,41)(H,34,38)/t23-,24-,25+,31-/m0/s1. The van der Waals surface area contributed by atoms with Gasteiger partial charge in [0.15, 0.2) is 11.6 Å². The van der Waals surface area contributed by atoms with Gasteiger partial charge < -0.3 is 25.6 Å². The molecule has 0 aromatic heterocycles. The van der Waals surface area contributed by atoms with Crippen LogP contribution in [0.2, 0.25) is 0 Å². The number of ketones is 2. The lowest BCUT2D eigenvalue weighted by Gasteiger charge is -2.36. The molecule has 3 N–H and O–H groups in total. The number of Topliss-reactive ketones (excluding diaryl/α,β-unsaturated/α-hetero) is 2. The Morgan fingerprint density at radius 1 is 0.976 bits per heavy atom. The van der Waals surface area contributed by atoms with Gasteiger partial charge in [0.05, 0.1) is 6.61 Å². The molecule has 4 atom stereocenters. The third-order valence-corrected chi connectivity index (χ3v) is 8.15. The number of amides is 4. The summed E-state index contributed by atoms with van der Waals surface area (Å²) < 4.78 is 5.51. The summed E-state index contributed by atoms with van der Waals surface area (Å²) in [5, 5.41) is 8.56. The SMILES string of the molecule is CCOc1ccc(C[C@@H]2NC(=O)[C@](C)(CC)NC(=O)[C@H](CCCCCC(=O)C(C)=O)NC(=O)[C@H]3CCCN3C2=O)cc1. The summed E-state index contributed by atoms with van der Waals surface area (Å²) in [6.45, 7) is 7.41. The molecule has 0 radical (unpaired) electrons. The Kier molecular flexibility index (Phi) is 11.6. The van der Waals surface area contributed by atoms with Crippen LogP contribution in [0.3, 0.4) is 0 Å². The van der Waals surface area contributed by atoms with Gasteiger partial charge in [0.2, 0.25) is 23.6 Å². The zero-order chi connectivity index (χ0) is 30.9. The van der Waals surface area contributed by atoms with Crippen molar-refractivity contribution < 1.29 is 33.5 Å². The molecule has 42 heavy (non-hydrogen) atoms. The van der Waals surface area contributed by atoms with E-state index in [1.165, 1.54) is 11.8 Å². The number of ether oxygens (including phenoxy) is 1. The highest BCUT2D eigenvalue weighted by Gasteiger charge is 2.43. The van der Waals surface area contributed by atoms with E-state index in [0.29, 0.717) is 51.0 Å². The molecule has 4 amide bonds. The topological polar surface area (TPSA) is 151 Å². The first-order valence-corrected chi connectivity index (χ1v) is 15.0. The van der Waals surface area contributed by atoms with Crippen molar-refractivity contribution in [3.05, 3.63) is 29.8 Å². The van der Waals surface area contributed by atoms with E-state index in [0.717, 1.165) is 5.56 Å². The number of nitrogens with zero attached hydrogens (tertiary/aromatic N) is 1. The molecule has 0 unspecified atom stereocenters. The molecule has 2 aliphatic rings. The first-order chi connectivity index (χ1) is 20.0. The maximum atomic E-state index is 13.9. The maximum absolute atomic E-state index is 13.9. The molecule has 0 spiro atoms.